The van der Waals surface area contributed by atoms with Crippen LogP contribution in [0.15, 0.2) is 66.8 Å². The van der Waals surface area contributed by atoms with Gasteiger partial charge in [-0.1, -0.05) is 54.1 Å². The minimum absolute atomic E-state index is 0.0573. The van der Waals surface area contributed by atoms with Crippen molar-refractivity contribution in [2.75, 3.05) is 6.54 Å². The van der Waals surface area contributed by atoms with E-state index in [2.05, 4.69) is 18.0 Å². The van der Waals surface area contributed by atoms with Gasteiger partial charge in [0.15, 0.2) is 5.11 Å². The second kappa shape index (κ2) is 7.45. The number of carbonyl (C=O) groups excluding carboxylic acids is 2. The molecule has 0 aromatic heterocycles. The van der Waals surface area contributed by atoms with E-state index in [-0.39, 0.29) is 17.2 Å². The first-order chi connectivity index (χ1) is 12.5. The molecule has 0 saturated carbocycles. The molecule has 4 nitrogen and oxygen atoms in total. The van der Waals surface area contributed by atoms with Gasteiger partial charge in [0.25, 0.3) is 11.8 Å². The second-order valence-corrected chi connectivity index (χ2v) is 6.40. The normalized spacial score (nSPS) is 16.0. The number of benzene rings is 2. The van der Waals surface area contributed by atoms with Crippen LogP contribution in [-0.2, 0) is 9.59 Å². The number of amides is 2. The number of rotatable bonds is 4. The van der Waals surface area contributed by atoms with E-state index < -0.39 is 11.8 Å². The molecular weight excluding hydrogens is 344 g/mol. The van der Waals surface area contributed by atoms with Crippen molar-refractivity contribution in [3.63, 3.8) is 0 Å². The Balaban J connectivity index is 1.97. The summed E-state index contributed by atoms with van der Waals surface area (Å²) in [5, 5.41) is 2.65. The third-order valence-corrected chi connectivity index (χ3v) is 4.37. The molecule has 0 spiro atoms. The molecule has 0 unspecified atom stereocenters. The molecule has 130 valence electrons. The summed E-state index contributed by atoms with van der Waals surface area (Å²) in [7, 11) is 0. The average Bonchev–Trinajstić information content (AvgIpc) is 2.62. The molecule has 1 heterocycles. The first-order valence-corrected chi connectivity index (χ1v) is 8.57. The standard InChI is InChI=1S/C21H18N2O2S/c1-3-10-23-20(25)18(19(24)22-21(23)26)13-15-7-5-9-17(12-15)16-8-4-6-14(2)11-16/h3-9,11-13H,1,10H2,2H3,(H,22,24,26)/b18-13+. The first-order valence-electron chi connectivity index (χ1n) is 8.16. The van der Waals surface area contributed by atoms with Crippen LogP contribution in [0.5, 0.6) is 0 Å². The summed E-state index contributed by atoms with van der Waals surface area (Å²) in [6.07, 6.45) is 3.16. The van der Waals surface area contributed by atoms with Crippen LogP contribution in [0.2, 0.25) is 0 Å². The van der Waals surface area contributed by atoms with Crippen molar-refractivity contribution in [2.45, 2.75) is 6.92 Å². The molecule has 0 radical (unpaired) electrons. The summed E-state index contributed by atoms with van der Waals surface area (Å²) in [5.74, 6) is -0.902. The molecule has 0 aliphatic carbocycles. The second-order valence-electron chi connectivity index (χ2n) is 6.02. The van der Waals surface area contributed by atoms with Gasteiger partial charge in [0.05, 0.1) is 0 Å². The van der Waals surface area contributed by atoms with Crippen molar-refractivity contribution in [3.8, 4) is 11.1 Å². The molecule has 2 aromatic rings. The lowest BCUT2D eigenvalue weighted by molar-refractivity contribution is -0.128. The molecule has 1 saturated heterocycles. The molecule has 0 atom stereocenters. The third kappa shape index (κ3) is 3.63. The molecule has 1 aliphatic heterocycles. The zero-order chi connectivity index (χ0) is 18.7. The van der Waals surface area contributed by atoms with Crippen LogP contribution < -0.4 is 5.32 Å². The summed E-state index contributed by atoms with van der Waals surface area (Å²) in [6, 6.07) is 15.9. The lowest BCUT2D eigenvalue weighted by atomic mass is 10.00. The number of thiocarbonyl (C=S) groups is 1. The van der Waals surface area contributed by atoms with E-state index in [0.29, 0.717) is 0 Å². The zero-order valence-corrected chi connectivity index (χ0v) is 15.2. The molecule has 5 heteroatoms. The van der Waals surface area contributed by atoms with Gasteiger partial charge >= 0.3 is 0 Å². The Morgan fingerprint density at radius 3 is 2.50 bits per heavy atom. The van der Waals surface area contributed by atoms with E-state index in [1.165, 1.54) is 10.5 Å². The lowest BCUT2D eigenvalue weighted by Crippen LogP contribution is -2.53. The van der Waals surface area contributed by atoms with Crippen molar-refractivity contribution < 1.29 is 9.59 Å². The van der Waals surface area contributed by atoms with Crippen molar-refractivity contribution >= 4 is 35.2 Å². The van der Waals surface area contributed by atoms with Gasteiger partial charge < -0.3 is 0 Å². The van der Waals surface area contributed by atoms with Crippen LogP contribution in [0, 0.1) is 6.92 Å². The Labute approximate surface area is 157 Å². The van der Waals surface area contributed by atoms with Gasteiger partial charge in [-0.25, -0.2) is 0 Å². The van der Waals surface area contributed by atoms with Crippen molar-refractivity contribution in [3.05, 3.63) is 77.9 Å². The maximum Gasteiger partial charge on any atom is 0.265 e. The third-order valence-electron chi connectivity index (χ3n) is 4.05. The fourth-order valence-corrected chi connectivity index (χ4v) is 3.04. The van der Waals surface area contributed by atoms with Crippen LogP contribution in [-0.4, -0.2) is 28.4 Å². The molecule has 2 aromatic carbocycles. The quantitative estimate of drug-likeness (QED) is 0.392. The lowest BCUT2D eigenvalue weighted by Gasteiger charge is -2.27. The van der Waals surface area contributed by atoms with Gasteiger partial charge in [-0.3, -0.25) is 19.8 Å². The summed E-state index contributed by atoms with van der Waals surface area (Å²) < 4.78 is 0. The van der Waals surface area contributed by atoms with Gasteiger partial charge in [-0.2, -0.15) is 0 Å². The van der Waals surface area contributed by atoms with Crippen LogP contribution in [0.4, 0.5) is 0 Å². The fourth-order valence-electron chi connectivity index (χ4n) is 2.79. The number of nitrogens with zero attached hydrogens (tertiary/aromatic N) is 1. The summed E-state index contributed by atoms with van der Waals surface area (Å²) in [4.78, 5) is 26.1. The monoisotopic (exact) mass is 362 g/mol. The van der Waals surface area contributed by atoms with Crippen LogP contribution >= 0.6 is 12.2 Å². The van der Waals surface area contributed by atoms with Crippen LogP contribution in [0.1, 0.15) is 11.1 Å². The molecule has 1 fully saturated rings. The van der Waals surface area contributed by atoms with Crippen molar-refractivity contribution in [2.24, 2.45) is 0 Å². The van der Waals surface area contributed by atoms with Gasteiger partial charge in [0, 0.05) is 6.54 Å². The summed E-state index contributed by atoms with van der Waals surface area (Å²) >= 11 is 5.06. The summed E-state index contributed by atoms with van der Waals surface area (Å²) in [6.45, 7) is 5.91. The maximum absolute atomic E-state index is 12.6. The maximum atomic E-state index is 12.6. The number of carbonyl (C=O) groups is 2. The highest BCUT2D eigenvalue weighted by Gasteiger charge is 2.32. The van der Waals surface area contributed by atoms with E-state index in [1.54, 1.807) is 12.2 Å². The van der Waals surface area contributed by atoms with E-state index in [1.807, 2.05) is 49.4 Å². The van der Waals surface area contributed by atoms with E-state index in [4.69, 9.17) is 12.2 Å². The predicted molar refractivity (Wildman–Crippen MR) is 107 cm³/mol. The first kappa shape index (κ1) is 17.8. The molecule has 1 N–H and O–H groups in total. The minimum atomic E-state index is -0.485. The van der Waals surface area contributed by atoms with Crippen molar-refractivity contribution in [1.29, 1.82) is 0 Å². The Kier molecular flexibility index (Phi) is 5.09. The highest BCUT2D eigenvalue weighted by Crippen LogP contribution is 2.23. The molecule has 26 heavy (non-hydrogen) atoms. The number of hydrogen-bond donors (Lipinski definition) is 1. The zero-order valence-electron chi connectivity index (χ0n) is 14.4. The Morgan fingerprint density at radius 1 is 1.12 bits per heavy atom. The topological polar surface area (TPSA) is 49.4 Å². The van der Waals surface area contributed by atoms with Gasteiger partial charge in [-0.05, 0) is 48.0 Å². The predicted octanol–water partition coefficient (Wildman–Crippen LogP) is 3.47. The largest absolute Gasteiger partial charge is 0.298 e. The van der Waals surface area contributed by atoms with Crippen LogP contribution in [0.3, 0.4) is 0 Å². The number of hydrogen-bond acceptors (Lipinski definition) is 3. The fraction of sp³-hybridized carbons (Fsp3) is 0.0952. The SMILES string of the molecule is C=CCN1C(=O)/C(=C/c2cccc(-c3cccc(C)c3)c2)C(=O)NC1=S. The molecule has 0 bridgehead atoms. The Morgan fingerprint density at radius 2 is 1.81 bits per heavy atom. The smallest absolute Gasteiger partial charge is 0.265 e. The van der Waals surface area contributed by atoms with Gasteiger partial charge in [0.2, 0.25) is 0 Å². The summed E-state index contributed by atoms with van der Waals surface area (Å²) in [5.41, 5.74) is 4.10. The average molecular weight is 362 g/mol. The molecule has 3 rings (SSSR count). The van der Waals surface area contributed by atoms with E-state index in [0.717, 1.165) is 16.7 Å². The van der Waals surface area contributed by atoms with Crippen LogP contribution in [0.25, 0.3) is 17.2 Å². The number of nitrogens with one attached hydrogen (secondary N) is 1. The Hall–Kier alpha value is -3.05. The minimum Gasteiger partial charge on any atom is -0.298 e. The van der Waals surface area contributed by atoms with Crippen molar-refractivity contribution in [1.82, 2.24) is 10.2 Å². The van der Waals surface area contributed by atoms with E-state index >= 15 is 0 Å². The van der Waals surface area contributed by atoms with Gasteiger partial charge in [-0.15, -0.1) is 6.58 Å². The Bertz CT molecular complexity index is 947. The molecular formula is C21H18N2O2S. The molecule has 2 amide bonds. The number of aryl methyl sites for hydroxylation is 1. The molecule has 1 aliphatic rings. The highest BCUT2D eigenvalue weighted by molar-refractivity contribution is 7.80. The van der Waals surface area contributed by atoms with E-state index in [9.17, 15) is 9.59 Å². The highest BCUT2D eigenvalue weighted by atomic mass is 32.1. The van der Waals surface area contributed by atoms with Gasteiger partial charge in [0.1, 0.15) is 5.57 Å².